The topological polar surface area (TPSA) is 49.4 Å². The predicted molar refractivity (Wildman–Crippen MR) is 105 cm³/mol. The Bertz CT molecular complexity index is 879. The molecular formula is C21H20ClF3N2O2. The number of amides is 2. The van der Waals surface area contributed by atoms with Crippen molar-refractivity contribution in [2.24, 2.45) is 5.92 Å². The number of carbonyl (C=O) groups is 2. The molecule has 1 fully saturated rings. The number of nitrogens with zero attached hydrogens (tertiary/aromatic N) is 1. The molecule has 29 heavy (non-hydrogen) atoms. The van der Waals surface area contributed by atoms with Crippen LogP contribution >= 0.6 is 11.6 Å². The van der Waals surface area contributed by atoms with Gasteiger partial charge < -0.3 is 10.2 Å². The summed E-state index contributed by atoms with van der Waals surface area (Å²) in [6.45, 7) is 0.799. The molecule has 0 spiro atoms. The highest BCUT2D eigenvalue weighted by Crippen LogP contribution is 2.36. The summed E-state index contributed by atoms with van der Waals surface area (Å²) < 4.78 is 39.5. The van der Waals surface area contributed by atoms with Crippen LogP contribution in [0.4, 0.5) is 18.9 Å². The smallest absolute Gasteiger partial charge is 0.334 e. The highest BCUT2D eigenvalue weighted by molar-refractivity contribution is 6.39. The molecular weight excluding hydrogens is 405 g/mol. The van der Waals surface area contributed by atoms with Gasteiger partial charge in [-0.1, -0.05) is 41.9 Å². The van der Waals surface area contributed by atoms with Gasteiger partial charge in [-0.25, -0.2) is 0 Å². The second-order valence-corrected chi connectivity index (χ2v) is 7.50. The summed E-state index contributed by atoms with van der Waals surface area (Å²) in [6, 6.07) is 13.0. The zero-order valence-corrected chi connectivity index (χ0v) is 16.3. The highest BCUT2D eigenvalue weighted by atomic mass is 35.5. The zero-order valence-electron chi connectivity index (χ0n) is 15.5. The molecule has 1 aliphatic rings. The number of hydrogen-bond acceptors (Lipinski definition) is 2. The van der Waals surface area contributed by atoms with E-state index in [2.05, 4.69) is 17.4 Å². The average molecular weight is 425 g/mol. The van der Waals surface area contributed by atoms with Crippen molar-refractivity contribution in [1.29, 1.82) is 0 Å². The number of likely N-dealkylation sites (tertiary alicyclic amines) is 1. The minimum atomic E-state index is -4.70. The second-order valence-electron chi connectivity index (χ2n) is 7.07. The van der Waals surface area contributed by atoms with E-state index in [-0.39, 0.29) is 5.02 Å². The first-order valence-corrected chi connectivity index (χ1v) is 9.63. The number of benzene rings is 2. The Balaban J connectivity index is 1.59. The van der Waals surface area contributed by atoms with Gasteiger partial charge in [0.25, 0.3) is 0 Å². The Kier molecular flexibility index (Phi) is 6.47. The summed E-state index contributed by atoms with van der Waals surface area (Å²) in [5.41, 5.74) is -0.357. The number of hydrogen-bond donors (Lipinski definition) is 1. The van der Waals surface area contributed by atoms with Crippen LogP contribution in [-0.4, -0.2) is 29.8 Å². The molecule has 2 aromatic carbocycles. The lowest BCUT2D eigenvalue weighted by atomic mass is 9.90. The van der Waals surface area contributed by atoms with E-state index >= 15 is 0 Å². The van der Waals surface area contributed by atoms with Crippen molar-refractivity contribution < 1.29 is 22.8 Å². The quantitative estimate of drug-likeness (QED) is 0.721. The number of alkyl halides is 3. The first-order valence-electron chi connectivity index (χ1n) is 9.25. The van der Waals surface area contributed by atoms with Crippen molar-refractivity contribution in [2.75, 3.05) is 18.4 Å². The molecule has 0 bridgehead atoms. The molecule has 1 N–H and O–H groups in total. The maximum Gasteiger partial charge on any atom is 0.418 e. The fourth-order valence-electron chi connectivity index (χ4n) is 3.47. The number of anilines is 1. The van der Waals surface area contributed by atoms with E-state index in [0.29, 0.717) is 19.0 Å². The summed E-state index contributed by atoms with van der Waals surface area (Å²) in [5.74, 6) is -1.51. The standard InChI is InChI=1S/C21H20ClF3N2O2/c22-16-6-7-18(17(13-16)21(23,24)25)26-19(28)20(29)27-10-8-15(9-11-27)12-14-4-2-1-3-5-14/h1-7,13,15H,8-12H2,(H,26,28). The highest BCUT2D eigenvalue weighted by Gasteiger charge is 2.35. The zero-order chi connectivity index (χ0) is 21.0. The number of nitrogens with one attached hydrogen (secondary N) is 1. The van der Waals surface area contributed by atoms with Crippen LogP contribution in [0.1, 0.15) is 24.0 Å². The molecule has 2 amide bonds. The molecule has 1 heterocycles. The summed E-state index contributed by atoms with van der Waals surface area (Å²) in [6.07, 6.45) is -2.33. The normalized spacial score (nSPS) is 15.2. The lowest BCUT2D eigenvalue weighted by Crippen LogP contribution is -2.44. The Morgan fingerprint density at radius 2 is 1.72 bits per heavy atom. The molecule has 8 heteroatoms. The van der Waals surface area contributed by atoms with E-state index in [1.54, 1.807) is 0 Å². The molecule has 1 saturated heterocycles. The van der Waals surface area contributed by atoms with Crippen LogP contribution in [0.5, 0.6) is 0 Å². The third-order valence-corrected chi connectivity index (χ3v) is 5.23. The minimum absolute atomic E-state index is 0.109. The number of piperidine rings is 1. The summed E-state index contributed by atoms with van der Waals surface area (Å²) in [4.78, 5) is 26.0. The first kappa shape index (κ1) is 21.2. The van der Waals surface area contributed by atoms with E-state index in [0.717, 1.165) is 31.4 Å². The van der Waals surface area contributed by atoms with E-state index in [1.165, 1.54) is 16.5 Å². The average Bonchev–Trinajstić information content (AvgIpc) is 2.69. The molecule has 0 atom stereocenters. The van der Waals surface area contributed by atoms with Gasteiger partial charge in [0, 0.05) is 18.1 Å². The first-order chi connectivity index (χ1) is 13.7. The maximum atomic E-state index is 13.2. The number of rotatable bonds is 3. The van der Waals surface area contributed by atoms with Gasteiger partial charge in [-0.15, -0.1) is 0 Å². The van der Waals surface area contributed by atoms with Gasteiger partial charge in [0.05, 0.1) is 11.3 Å². The number of halogens is 4. The molecule has 0 aromatic heterocycles. The fourth-order valence-corrected chi connectivity index (χ4v) is 3.64. The Morgan fingerprint density at radius 3 is 2.34 bits per heavy atom. The predicted octanol–water partition coefficient (Wildman–Crippen LogP) is 4.78. The van der Waals surface area contributed by atoms with E-state index < -0.39 is 29.2 Å². The Labute approximate surface area is 171 Å². The van der Waals surface area contributed by atoms with Gasteiger partial charge in [0.2, 0.25) is 0 Å². The van der Waals surface area contributed by atoms with Crippen molar-refractivity contribution in [3.8, 4) is 0 Å². The van der Waals surface area contributed by atoms with Crippen LogP contribution in [-0.2, 0) is 22.2 Å². The van der Waals surface area contributed by atoms with Gasteiger partial charge in [-0.3, -0.25) is 9.59 Å². The monoisotopic (exact) mass is 424 g/mol. The van der Waals surface area contributed by atoms with E-state index in [4.69, 9.17) is 11.6 Å². The molecule has 0 unspecified atom stereocenters. The van der Waals surface area contributed by atoms with Crippen LogP contribution in [0, 0.1) is 5.92 Å². The Morgan fingerprint density at radius 1 is 1.07 bits per heavy atom. The van der Waals surface area contributed by atoms with E-state index in [9.17, 15) is 22.8 Å². The lowest BCUT2D eigenvalue weighted by Gasteiger charge is -2.31. The molecule has 3 rings (SSSR count). The largest absolute Gasteiger partial charge is 0.418 e. The van der Waals surface area contributed by atoms with Crippen molar-refractivity contribution in [3.63, 3.8) is 0 Å². The molecule has 0 saturated carbocycles. The van der Waals surface area contributed by atoms with Gasteiger partial charge in [-0.2, -0.15) is 13.2 Å². The fraction of sp³-hybridized carbons (Fsp3) is 0.333. The molecule has 2 aromatic rings. The van der Waals surface area contributed by atoms with Crippen molar-refractivity contribution in [2.45, 2.75) is 25.4 Å². The minimum Gasteiger partial charge on any atom is -0.334 e. The number of carbonyl (C=O) groups excluding carboxylic acids is 2. The molecule has 0 radical (unpaired) electrons. The van der Waals surface area contributed by atoms with Crippen molar-refractivity contribution in [1.82, 2.24) is 4.90 Å². The van der Waals surface area contributed by atoms with E-state index in [1.807, 2.05) is 18.2 Å². The second kappa shape index (κ2) is 8.86. The summed E-state index contributed by atoms with van der Waals surface area (Å²) in [7, 11) is 0. The van der Waals surface area contributed by atoms with Crippen LogP contribution in [0.25, 0.3) is 0 Å². The van der Waals surface area contributed by atoms with Crippen LogP contribution < -0.4 is 5.32 Å². The van der Waals surface area contributed by atoms with Crippen molar-refractivity contribution >= 4 is 29.1 Å². The molecule has 0 aliphatic carbocycles. The third kappa shape index (κ3) is 5.50. The SMILES string of the molecule is O=C(Nc1ccc(Cl)cc1C(F)(F)F)C(=O)N1CCC(Cc2ccccc2)CC1. The van der Waals surface area contributed by atoms with Gasteiger partial charge in [-0.05, 0) is 48.9 Å². The van der Waals surface area contributed by atoms with Gasteiger partial charge in [0.15, 0.2) is 0 Å². The van der Waals surface area contributed by atoms with Gasteiger partial charge in [0.1, 0.15) is 0 Å². The molecule has 1 aliphatic heterocycles. The summed E-state index contributed by atoms with van der Waals surface area (Å²) >= 11 is 5.63. The summed E-state index contributed by atoms with van der Waals surface area (Å²) in [5, 5.41) is 1.97. The Hall–Kier alpha value is -2.54. The lowest BCUT2D eigenvalue weighted by molar-refractivity contribution is -0.144. The maximum absolute atomic E-state index is 13.2. The van der Waals surface area contributed by atoms with Crippen LogP contribution in [0.15, 0.2) is 48.5 Å². The van der Waals surface area contributed by atoms with Gasteiger partial charge >= 0.3 is 18.0 Å². The van der Waals surface area contributed by atoms with Crippen LogP contribution in [0.2, 0.25) is 5.02 Å². The van der Waals surface area contributed by atoms with Crippen molar-refractivity contribution in [3.05, 3.63) is 64.7 Å². The molecule has 4 nitrogen and oxygen atoms in total. The third-order valence-electron chi connectivity index (χ3n) is 5.00. The van der Waals surface area contributed by atoms with Crippen LogP contribution in [0.3, 0.4) is 0 Å². The molecule has 154 valence electrons.